The summed E-state index contributed by atoms with van der Waals surface area (Å²) >= 11 is 1.81. The van der Waals surface area contributed by atoms with Gasteiger partial charge in [-0.2, -0.15) is 0 Å². The molecule has 0 amide bonds. The van der Waals surface area contributed by atoms with Gasteiger partial charge in [0.15, 0.2) is 0 Å². The largest absolute Gasteiger partial charge is 0.312 e. The van der Waals surface area contributed by atoms with Crippen LogP contribution in [0.5, 0.6) is 0 Å². The third kappa shape index (κ3) is 1.56. The first-order valence-corrected chi connectivity index (χ1v) is 6.25. The molecule has 0 saturated carbocycles. The van der Waals surface area contributed by atoms with Crippen LogP contribution >= 0.6 is 11.3 Å². The van der Waals surface area contributed by atoms with Crippen molar-refractivity contribution in [1.82, 2.24) is 20.3 Å². The summed E-state index contributed by atoms with van der Waals surface area (Å²) in [6.45, 7) is 6.27. The molecule has 1 saturated heterocycles. The Morgan fingerprint density at radius 3 is 2.81 bits per heavy atom. The van der Waals surface area contributed by atoms with Gasteiger partial charge >= 0.3 is 0 Å². The Morgan fingerprint density at radius 1 is 1.44 bits per heavy atom. The minimum atomic E-state index is 0.487. The molecular formula is C11H14N4S. The third-order valence-electron chi connectivity index (χ3n) is 2.96. The van der Waals surface area contributed by atoms with Crippen LogP contribution in [-0.2, 0) is 0 Å². The zero-order chi connectivity index (χ0) is 11.1. The Bertz CT molecular complexity index is 510. The van der Waals surface area contributed by atoms with Crippen LogP contribution in [-0.4, -0.2) is 28.1 Å². The van der Waals surface area contributed by atoms with E-state index in [-0.39, 0.29) is 0 Å². The number of aromatic nitrogens is 3. The van der Waals surface area contributed by atoms with Gasteiger partial charge in [-0.3, -0.25) is 0 Å². The Labute approximate surface area is 98.3 Å². The molecule has 2 aromatic heterocycles. The smallest absolute Gasteiger partial charge is 0.114 e. The maximum Gasteiger partial charge on any atom is 0.114 e. The second-order valence-corrected chi connectivity index (χ2v) is 5.68. The minimum Gasteiger partial charge on any atom is -0.312 e. The second kappa shape index (κ2) is 3.68. The van der Waals surface area contributed by atoms with E-state index in [0.717, 1.165) is 18.8 Å². The standard InChI is InChI=1S/C11H14N4S/c1-7-3-10(8(2)16-7)11-6-15(14-13-11)9-4-12-5-9/h3,6,9,12H,4-5H2,1-2H3. The van der Waals surface area contributed by atoms with Gasteiger partial charge in [0.1, 0.15) is 5.69 Å². The van der Waals surface area contributed by atoms with Crippen LogP contribution in [0.15, 0.2) is 12.3 Å². The zero-order valence-corrected chi connectivity index (χ0v) is 10.2. The predicted molar refractivity (Wildman–Crippen MR) is 64.7 cm³/mol. The van der Waals surface area contributed by atoms with Crippen molar-refractivity contribution < 1.29 is 0 Å². The lowest BCUT2D eigenvalue weighted by atomic mass is 10.2. The van der Waals surface area contributed by atoms with Gasteiger partial charge in [0.25, 0.3) is 0 Å². The number of nitrogens with zero attached hydrogens (tertiary/aromatic N) is 3. The van der Waals surface area contributed by atoms with Crippen LogP contribution in [0.4, 0.5) is 0 Å². The van der Waals surface area contributed by atoms with Crippen LogP contribution < -0.4 is 5.32 Å². The van der Waals surface area contributed by atoms with E-state index in [0.29, 0.717) is 6.04 Å². The number of nitrogens with one attached hydrogen (secondary N) is 1. The fourth-order valence-electron chi connectivity index (χ4n) is 1.92. The molecule has 0 radical (unpaired) electrons. The lowest BCUT2D eigenvalue weighted by Gasteiger charge is -2.26. The molecule has 5 heteroatoms. The van der Waals surface area contributed by atoms with Crippen molar-refractivity contribution in [1.29, 1.82) is 0 Å². The number of hydrogen-bond acceptors (Lipinski definition) is 4. The molecule has 0 aromatic carbocycles. The highest BCUT2D eigenvalue weighted by Crippen LogP contribution is 2.29. The summed E-state index contributed by atoms with van der Waals surface area (Å²) in [7, 11) is 0. The van der Waals surface area contributed by atoms with Crippen molar-refractivity contribution in [2.75, 3.05) is 13.1 Å². The van der Waals surface area contributed by atoms with Crippen LogP contribution in [0.3, 0.4) is 0 Å². The average molecular weight is 234 g/mol. The summed E-state index contributed by atoms with van der Waals surface area (Å²) in [6.07, 6.45) is 2.06. The van der Waals surface area contributed by atoms with Gasteiger partial charge in [0.05, 0.1) is 12.2 Å². The quantitative estimate of drug-likeness (QED) is 0.861. The van der Waals surface area contributed by atoms with Gasteiger partial charge in [0.2, 0.25) is 0 Å². The molecule has 1 aliphatic heterocycles. The molecule has 4 nitrogen and oxygen atoms in total. The van der Waals surface area contributed by atoms with E-state index in [1.165, 1.54) is 15.3 Å². The maximum absolute atomic E-state index is 4.26. The molecule has 0 aliphatic carbocycles. The highest BCUT2D eigenvalue weighted by atomic mass is 32.1. The van der Waals surface area contributed by atoms with Gasteiger partial charge in [-0.1, -0.05) is 5.21 Å². The van der Waals surface area contributed by atoms with Crippen LogP contribution in [0, 0.1) is 13.8 Å². The Hall–Kier alpha value is -1.20. The van der Waals surface area contributed by atoms with Crippen molar-refractivity contribution in [3.63, 3.8) is 0 Å². The topological polar surface area (TPSA) is 42.7 Å². The first-order chi connectivity index (χ1) is 7.74. The Morgan fingerprint density at radius 2 is 2.25 bits per heavy atom. The number of hydrogen-bond donors (Lipinski definition) is 1. The van der Waals surface area contributed by atoms with E-state index in [9.17, 15) is 0 Å². The first-order valence-electron chi connectivity index (χ1n) is 5.44. The zero-order valence-electron chi connectivity index (χ0n) is 9.40. The van der Waals surface area contributed by atoms with Crippen molar-refractivity contribution in [2.24, 2.45) is 0 Å². The number of aryl methyl sites for hydroxylation is 2. The number of rotatable bonds is 2. The summed E-state index contributed by atoms with van der Waals surface area (Å²) in [5.74, 6) is 0. The summed E-state index contributed by atoms with van der Waals surface area (Å²) in [6, 6.07) is 2.68. The molecule has 0 spiro atoms. The summed E-state index contributed by atoms with van der Waals surface area (Å²) in [5, 5.41) is 11.7. The van der Waals surface area contributed by atoms with E-state index in [2.05, 4.69) is 41.7 Å². The molecule has 3 heterocycles. The van der Waals surface area contributed by atoms with Crippen molar-refractivity contribution in [3.8, 4) is 11.3 Å². The molecule has 84 valence electrons. The molecule has 0 bridgehead atoms. The summed E-state index contributed by atoms with van der Waals surface area (Å²) < 4.78 is 1.97. The molecular weight excluding hydrogens is 220 g/mol. The molecule has 1 N–H and O–H groups in total. The second-order valence-electron chi connectivity index (χ2n) is 4.22. The fraction of sp³-hybridized carbons (Fsp3) is 0.455. The molecule has 1 aliphatic rings. The SMILES string of the molecule is Cc1cc(-c2cn(C3CNC3)nn2)c(C)s1. The molecule has 0 atom stereocenters. The van der Waals surface area contributed by atoms with Crippen LogP contribution in [0.2, 0.25) is 0 Å². The van der Waals surface area contributed by atoms with Crippen molar-refractivity contribution in [2.45, 2.75) is 19.9 Å². The summed E-state index contributed by atoms with van der Waals surface area (Å²) in [4.78, 5) is 2.64. The predicted octanol–water partition coefficient (Wildman–Crippen LogP) is 1.77. The van der Waals surface area contributed by atoms with Gasteiger partial charge in [-0.05, 0) is 19.9 Å². The molecule has 3 rings (SSSR count). The van der Waals surface area contributed by atoms with E-state index >= 15 is 0 Å². The van der Waals surface area contributed by atoms with Crippen molar-refractivity contribution >= 4 is 11.3 Å². The average Bonchev–Trinajstić information content (AvgIpc) is 2.70. The molecule has 16 heavy (non-hydrogen) atoms. The highest BCUT2D eigenvalue weighted by Gasteiger charge is 2.20. The lowest BCUT2D eigenvalue weighted by Crippen LogP contribution is -2.43. The monoisotopic (exact) mass is 234 g/mol. The number of thiophene rings is 1. The molecule has 1 fully saturated rings. The highest BCUT2D eigenvalue weighted by molar-refractivity contribution is 7.12. The van der Waals surface area contributed by atoms with Gasteiger partial charge < -0.3 is 5.32 Å². The van der Waals surface area contributed by atoms with Gasteiger partial charge in [-0.15, -0.1) is 16.4 Å². The first kappa shape index (κ1) is 9.99. The fourth-order valence-corrected chi connectivity index (χ4v) is 2.86. The third-order valence-corrected chi connectivity index (χ3v) is 3.93. The lowest BCUT2D eigenvalue weighted by molar-refractivity contribution is 0.313. The van der Waals surface area contributed by atoms with Crippen LogP contribution in [0.25, 0.3) is 11.3 Å². The molecule has 2 aromatic rings. The van der Waals surface area contributed by atoms with Gasteiger partial charge in [0, 0.05) is 28.4 Å². The Balaban J connectivity index is 1.94. The van der Waals surface area contributed by atoms with E-state index in [1.54, 1.807) is 0 Å². The van der Waals surface area contributed by atoms with E-state index in [4.69, 9.17) is 0 Å². The minimum absolute atomic E-state index is 0.487. The van der Waals surface area contributed by atoms with Crippen molar-refractivity contribution in [3.05, 3.63) is 22.0 Å². The van der Waals surface area contributed by atoms with Gasteiger partial charge in [-0.25, -0.2) is 4.68 Å². The van der Waals surface area contributed by atoms with E-state index < -0.39 is 0 Å². The maximum atomic E-state index is 4.26. The summed E-state index contributed by atoms with van der Waals surface area (Å²) in [5.41, 5.74) is 2.22. The Kier molecular flexibility index (Phi) is 2.29. The van der Waals surface area contributed by atoms with Crippen LogP contribution in [0.1, 0.15) is 15.8 Å². The normalized spacial score (nSPS) is 16.4. The molecule has 0 unspecified atom stereocenters. The van der Waals surface area contributed by atoms with E-state index in [1.807, 2.05) is 16.0 Å².